The molecular formula is C14H17FN4O2. The van der Waals surface area contributed by atoms with E-state index in [9.17, 15) is 14.5 Å². The largest absolute Gasteiger partial charge is 0.333 e. The zero-order valence-electron chi connectivity index (χ0n) is 11.7. The molecule has 1 unspecified atom stereocenters. The Morgan fingerprint density at radius 3 is 2.95 bits per heavy atom. The van der Waals surface area contributed by atoms with Crippen molar-refractivity contribution in [3.8, 4) is 0 Å². The molecule has 0 fully saturated rings. The summed E-state index contributed by atoms with van der Waals surface area (Å²) in [5.41, 5.74) is 6.89. The van der Waals surface area contributed by atoms with Crippen LogP contribution in [-0.4, -0.2) is 20.5 Å². The van der Waals surface area contributed by atoms with Crippen molar-refractivity contribution < 1.29 is 9.31 Å². The van der Waals surface area contributed by atoms with Gasteiger partial charge in [-0.3, -0.25) is 10.1 Å². The molecule has 1 aromatic carbocycles. The van der Waals surface area contributed by atoms with Crippen LogP contribution in [0.4, 0.5) is 10.1 Å². The summed E-state index contributed by atoms with van der Waals surface area (Å²) in [6.45, 7) is 2.19. The molecule has 21 heavy (non-hydrogen) atoms. The molecule has 6 nitrogen and oxygen atoms in total. The molecule has 0 aliphatic heterocycles. The molecule has 0 bridgehead atoms. The highest BCUT2D eigenvalue weighted by molar-refractivity contribution is 5.40. The van der Waals surface area contributed by atoms with E-state index in [-0.39, 0.29) is 18.3 Å². The summed E-state index contributed by atoms with van der Waals surface area (Å²) in [4.78, 5) is 14.7. The number of nitro benzene ring substituents is 1. The Hall–Kier alpha value is -2.28. The lowest BCUT2D eigenvalue weighted by Gasteiger charge is -2.05. The Morgan fingerprint density at radius 1 is 1.52 bits per heavy atom. The highest BCUT2D eigenvalue weighted by atomic mass is 19.1. The second kappa shape index (κ2) is 6.45. The smallest absolute Gasteiger partial charge is 0.274 e. The number of nitrogens with two attached hydrogens (primary N) is 1. The standard InChI is InChI=1S/C14H17FN4O2/c1-2-12(16)6-13-8-18(9-17-13)7-10-5-11(15)3-4-14(10)19(20)21/h3-5,8-9,12H,2,6-7,16H2,1H3. The number of hydrogen-bond acceptors (Lipinski definition) is 4. The fraction of sp³-hybridized carbons (Fsp3) is 0.357. The van der Waals surface area contributed by atoms with E-state index in [2.05, 4.69) is 4.98 Å². The van der Waals surface area contributed by atoms with Crippen LogP contribution in [0.25, 0.3) is 0 Å². The number of nitrogens with zero attached hydrogens (tertiary/aromatic N) is 3. The summed E-state index contributed by atoms with van der Waals surface area (Å²) in [6.07, 6.45) is 4.85. The molecule has 0 aliphatic carbocycles. The lowest BCUT2D eigenvalue weighted by atomic mass is 10.1. The van der Waals surface area contributed by atoms with Crippen LogP contribution in [0, 0.1) is 15.9 Å². The predicted molar refractivity (Wildman–Crippen MR) is 76.4 cm³/mol. The molecule has 0 saturated carbocycles. The minimum atomic E-state index is -0.514. The molecule has 0 radical (unpaired) electrons. The molecule has 2 rings (SSSR count). The minimum absolute atomic E-state index is 0.0388. The second-order valence-electron chi connectivity index (χ2n) is 4.94. The van der Waals surface area contributed by atoms with E-state index < -0.39 is 10.7 Å². The third kappa shape index (κ3) is 3.85. The number of rotatable bonds is 6. The summed E-state index contributed by atoms with van der Waals surface area (Å²) >= 11 is 0. The van der Waals surface area contributed by atoms with Crippen molar-refractivity contribution in [2.75, 3.05) is 0 Å². The molecular weight excluding hydrogens is 275 g/mol. The van der Waals surface area contributed by atoms with Gasteiger partial charge in [0.25, 0.3) is 5.69 Å². The van der Waals surface area contributed by atoms with Crippen molar-refractivity contribution in [3.05, 3.63) is 57.9 Å². The lowest BCUT2D eigenvalue weighted by Crippen LogP contribution is -2.21. The molecule has 2 N–H and O–H groups in total. The van der Waals surface area contributed by atoms with E-state index in [1.165, 1.54) is 12.1 Å². The average molecular weight is 292 g/mol. The van der Waals surface area contributed by atoms with Crippen molar-refractivity contribution in [1.29, 1.82) is 0 Å². The topological polar surface area (TPSA) is 87.0 Å². The zero-order chi connectivity index (χ0) is 15.4. The predicted octanol–water partition coefficient (Wildman–Crippen LogP) is 2.26. The number of imidazole rings is 1. The van der Waals surface area contributed by atoms with E-state index >= 15 is 0 Å². The maximum absolute atomic E-state index is 13.3. The van der Waals surface area contributed by atoms with Gasteiger partial charge in [0.2, 0.25) is 0 Å². The number of benzene rings is 1. The van der Waals surface area contributed by atoms with Gasteiger partial charge in [0.05, 0.1) is 29.1 Å². The molecule has 112 valence electrons. The summed E-state index contributed by atoms with van der Waals surface area (Å²) in [5.74, 6) is -0.496. The molecule has 0 aliphatic rings. The van der Waals surface area contributed by atoms with E-state index in [0.717, 1.165) is 18.2 Å². The minimum Gasteiger partial charge on any atom is -0.333 e. The van der Waals surface area contributed by atoms with Gasteiger partial charge in [-0.05, 0) is 18.6 Å². The SMILES string of the molecule is CCC(N)Cc1cn(Cc2cc(F)ccc2[N+](=O)[O-])cn1. The maximum atomic E-state index is 13.3. The quantitative estimate of drug-likeness (QED) is 0.653. The number of aromatic nitrogens is 2. The molecule has 0 spiro atoms. The zero-order valence-corrected chi connectivity index (χ0v) is 11.7. The first-order valence-electron chi connectivity index (χ1n) is 6.68. The van der Waals surface area contributed by atoms with Gasteiger partial charge in [0.15, 0.2) is 0 Å². The highest BCUT2D eigenvalue weighted by Crippen LogP contribution is 2.20. The van der Waals surface area contributed by atoms with Crippen LogP contribution in [0.3, 0.4) is 0 Å². The maximum Gasteiger partial charge on any atom is 0.274 e. The van der Waals surface area contributed by atoms with Crippen molar-refractivity contribution in [2.24, 2.45) is 5.73 Å². The van der Waals surface area contributed by atoms with Crippen molar-refractivity contribution in [1.82, 2.24) is 9.55 Å². The summed E-state index contributed by atoms with van der Waals surface area (Å²) in [7, 11) is 0. The summed E-state index contributed by atoms with van der Waals surface area (Å²) in [6, 6.07) is 3.48. The summed E-state index contributed by atoms with van der Waals surface area (Å²) < 4.78 is 15.0. The van der Waals surface area contributed by atoms with E-state index in [1.807, 2.05) is 6.92 Å². The molecule has 1 aromatic heterocycles. The fourth-order valence-corrected chi connectivity index (χ4v) is 2.07. The highest BCUT2D eigenvalue weighted by Gasteiger charge is 2.15. The average Bonchev–Trinajstić information content (AvgIpc) is 2.85. The number of hydrogen-bond donors (Lipinski definition) is 1. The van der Waals surface area contributed by atoms with Crippen LogP contribution in [0.5, 0.6) is 0 Å². The molecule has 2 aromatic rings. The van der Waals surface area contributed by atoms with Gasteiger partial charge in [0, 0.05) is 24.7 Å². The van der Waals surface area contributed by atoms with Crippen LogP contribution in [0.2, 0.25) is 0 Å². The summed E-state index contributed by atoms with van der Waals surface area (Å²) in [5, 5.41) is 11.0. The van der Waals surface area contributed by atoms with Gasteiger partial charge in [-0.25, -0.2) is 9.37 Å². The van der Waals surface area contributed by atoms with Crippen LogP contribution in [0.1, 0.15) is 24.6 Å². The van der Waals surface area contributed by atoms with Gasteiger partial charge in [-0.2, -0.15) is 0 Å². The van der Waals surface area contributed by atoms with Gasteiger partial charge in [0.1, 0.15) is 5.82 Å². The second-order valence-corrected chi connectivity index (χ2v) is 4.94. The Bertz CT molecular complexity index is 642. The van der Waals surface area contributed by atoms with Crippen molar-refractivity contribution in [3.63, 3.8) is 0 Å². The number of halogens is 1. The molecule has 1 heterocycles. The molecule has 0 saturated heterocycles. The Morgan fingerprint density at radius 2 is 2.29 bits per heavy atom. The Balaban J connectivity index is 2.18. The van der Waals surface area contributed by atoms with Crippen molar-refractivity contribution in [2.45, 2.75) is 32.4 Å². The Kier molecular flexibility index (Phi) is 4.64. The van der Waals surface area contributed by atoms with Gasteiger partial charge >= 0.3 is 0 Å². The van der Waals surface area contributed by atoms with Gasteiger partial charge in [-0.15, -0.1) is 0 Å². The first kappa shape index (κ1) is 15.1. The molecule has 1 atom stereocenters. The Labute approximate surface area is 121 Å². The monoisotopic (exact) mass is 292 g/mol. The first-order chi connectivity index (χ1) is 9.99. The van der Waals surface area contributed by atoms with E-state index in [4.69, 9.17) is 5.73 Å². The van der Waals surface area contributed by atoms with E-state index in [1.54, 1.807) is 17.1 Å². The van der Waals surface area contributed by atoms with Crippen molar-refractivity contribution >= 4 is 5.69 Å². The van der Waals surface area contributed by atoms with Crippen LogP contribution in [0.15, 0.2) is 30.7 Å². The van der Waals surface area contributed by atoms with E-state index in [0.29, 0.717) is 12.0 Å². The van der Waals surface area contributed by atoms with Gasteiger partial charge < -0.3 is 10.3 Å². The van der Waals surface area contributed by atoms with Crippen LogP contribution in [-0.2, 0) is 13.0 Å². The fourth-order valence-electron chi connectivity index (χ4n) is 2.07. The van der Waals surface area contributed by atoms with Gasteiger partial charge in [-0.1, -0.05) is 6.92 Å². The van der Waals surface area contributed by atoms with Crippen LogP contribution >= 0.6 is 0 Å². The molecule has 0 amide bonds. The number of nitro groups is 1. The third-order valence-corrected chi connectivity index (χ3v) is 3.27. The van der Waals surface area contributed by atoms with Crippen LogP contribution < -0.4 is 5.73 Å². The molecule has 7 heteroatoms. The lowest BCUT2D eigenvalue weighted by molar-refractivity contribution is -0.385. The first-order valence-corrected chi connectivity index (χ1v) is 6.68. The third-order valence-electron chi connectivity index (χ3n) is 3.27. The normalized spacial score (nSPS) is 12.3.